The molecule has 0 aliphatic carbocycles. The van der Waals surface area contributed by atoms with E-state index in [0.29, 0.717) is 11.3 Å². The molecule has 5 heteroatoms. The number of amides is 1. The van der Waals surface area contributed by atoms with Gasteiger partial charge in [-0.1, -0.05) is 6.58 Å². The Kier molecular flexibility index (Phi) is 3.99. The molecule has 1 rings (SSSR count). The summed E-state index contributed by atoms with van der Waals surface area (Å²) < 4.78 is 30.2. The summed E-state index contributed by atoms with van der Waals surface area (Å²) >= 11 is 0. The number of methoxy groups -OCH3 is 1. The van der Waals surface area contributed by atoms with Crippen LogP contribution in [0.1, 0.15) is 5.56 Å². The highest BCUT2D eigenvalue weighted by atomic mass is 19.1. The lowest BCUT2D eigenvalue weighted by atomic mass is 10.2. The first-order valence-electron chi connectivity index (χ1n) is 4.49. The van der Waals surface area contributed by atoms with Crippen molar-refractivity contribution < 1.29 is 18.3 Å². The van der Waals surface area contributed by atoms with E-state index in [2.05, 4.69) is 11.9 Å². The topological polar surface area (TPSA) is 38.3 Å². The standard InChI is InChI=1S/C11H11F2NO2/c1-7(12)11(15)14-6-8-3-9(13)5-10(4-8)16-2/h3-5H,1,6H2,2H3,(H,14,15). The molecule has 86 valence electrons. The zero-order valence-corrected chi connectivity index (χ0v) is 8.72. The largest absolute Gasteiger partial charge is 0.497 e. The Bertz CT molecular complexity index is 418. The predicted molar refractivity (Wildman–Crippen MR) is 55.0 cm³/mol. The smallest absolute Gasteiger partial charge is 0.279 e. The van der Waals surface area contributed by atoms with E-state index >= 15 is 0 Å². The highest BCUT2D eigenvalue weighted by molar-refractivity contribution is 5.90. The molecule has 16 heavy (non-hydrogen) atoms. The molecule has 1 amide bonds. The van der Waals surface area contributed by atoms with Gasteiger partial charge in [-0.05, 0) is 17.7 Å². The molecule has 0 aliphatic rings. The van der Waals surface area contributed by atoms with Gasteiger partial charge in [-0.25, -0.2) is 8.78 Å². The van der Waals surface area contributed by atoms with Gasteiger partial charge >= 0.3 is 0 Å². The Balaban J connectivity index is 2.70. The maximum absolute atomic E-state index is 13.0. The Morgan fingerprint density at radius 2 is 2.19 bits per heavy atom. The van der Waals surface area contributed by atoms with Crippen molar-refractivity contribution >= 4 is 5.91 Å². The molecule has 0 aliphatic heterocycles. The zero-order chi connectivity index (χ0) is 12.1. The Morgan fingerprint density at radius 3 is 2.75 bits per heavy atom. The number of nitrogens with one attached hydrogen (secondary N) is 1. The Labute approximate surface area is 91.7 Å². The summed E-state index contributed by atoms with van der Waals surface area (Å²) in [7, 11) is 1.40. The molecule has 3 nitrogen and oxygen atoms in total. The van der Waals surface area contributed by atoms with E-state index in [1.165, 1.54) is 19.2 Å². The second kappa shape index (κ2) is 5.25. The lowest BCUT2D eigenvalue weighted by Gasteiger charge is -2.06. The van der Waals surface area contributed by atoms with Crippen LogP contribution >= 0.6 is 0 Å². The monoisotopic (exact) mass is 227 g/mol. The molecule has 0 heterocycles. The van der Waals surface area contributed by atoms with Crippen molar-refractivity contribution in [1.29, 1.82) is 0 Å². The van der Waals surface area contributed by atoms with Crippen LogP contribution in [0.25, 0.3) is 0 Å². The molecule has 0 aromatic heterocycles. The predicted octanol–water partition coefficient (Wildman–Crippen LogP) is 1.93. The minimum atomic E-state index is -1.08. The fourth-order valence-electron chi connectivity index (χ4n) is 1.12. The van der Waals surface area contributed by atoms with E-state index in [0.717, 1.165) is 0 Å². The third-order valence-corrected chi connectivity index (χ3v) is 1.87. The van der Waals surface area contributed by atoms with Crippen LogP contribution in [0.3, 0.4) is 0 Å². The number of ether oxygens (including phenoxy) is 1. The van der Waals surface area contributed by atoms with Crippen LogP contribution in [0.5, 0.6) is 5.75 Å². The molecule has 0 bridgehead atoms. The summed E-state index contributed by atoms with van der Waals surface area (Å²) in [6.07, 6.45) is 0. The number of carbonyl (C=O) groups is 1. The van der Waals surface area contributed by atoms with Crippen molar-refractivity contribution in [2.24, 2.45) is 0 Å². The normalized spacial score (nSPS) is 9.69. The van der Waals surface area contributed by atoms with Crippen molar-refractivity contribution in [2.75, 3.05) is 7.11 Å². The summed E-state index contributed by atoms with van der Waals surface area (Å²) in [6, 6.07) is 3.98. The summed E-state index contributed by atoms with van der Waals surface area (Å²) in [5.41, 5.74) is 0.478. The van der Waals surface area contributed by atoms with Gasteiger partial charge in [-0.15, -0.1) is 0 Å². The van der Waals surface area contributed by atoms with Crippen molar-refractivity contribution in [3.8, 4) is 5.75 Å². The maximum Gasteiger partial charge on any atom is 0.279 e. The van der Waals surface area contributed by atoms with Gasteiger partial charge in [0.15, 0.2) is 5.83 Å². The van der Waals surface area contributed by atoms with Gasteiger partial charge in [0.25, 0.3) is 5.91 Å². The Hall–Kier alpha value is -1.91. The van der Waals surface area contributed by atoms with E-state index in [1.54, 1.807) is 6.07 Å². The number of hydrogen-bond acceptors (Lipinski definition) is 2. The number of hydrogen-bond donors (Lipinski definition) is 1. The minimum Gasteiger partial charge on any atom is -0.497 e. The molecular formula is C11H11F2NO2. The van der Waals surface area contributed by atoms with Crippen molar-refractivity contribution in [3.05, 3.63) is 42.0 Å². The number of benzene rings is 1. The molecule has 0 atom stereocenters. The maximum atomic E-state index is 13.0. The average molecular weight is 227 g/mol. The first-order chi connectivity index (χ1) is 7.52. The van der Waals surface area contributed by atoms with Gasteiger partial charge in [-0.2, -0.15) is 0 Å². The van der Waals surface area contributed by atoms with E-state index in [-0.39, 0.29) is 6.54 Å². The van der Waals surface area contributed by atoms with Gasteiger partial charge in [0.1, 0.15) is 11.6 Å². The molecule has 0 fully saturated rings. The van der Waals surface area contributed by atoms with Gasteiger partial charge in [-0.3, -0.25) is 4.79 Å². The first-order valence-corrected chi connectivity index (χ1v) is 4.49. The van der Waals surface area contributed by atoms with Crippen LogP contribution in [-0.4, -0.2) is 13.0 Å². The molecule has 1 aromatic carbocycles. The van der Waals surface area contributed by atoms with Crippen LogP contribution < -0.4 is 10.1 Å². The van der Waals surface area contributed by atoms with Crippen LogP contribution in [0.15, 0.2) is 30.6 Å². The van der Waals surface area contributed by atoms with E-state index in [9.17, 15) is 13.6 Å². The van der Waals surface area contributed by atoms with E-state index in [4.69, 9.17) is 4.74 Å². The number of rotatable bonds is 4. The molecule has 1 aromatic rings. The average Bonchev–Trinajstić information content (AvgIpc) is 2.24. The Morgan fingerprint density at radius 1 is 1.50 bits per heavy atom. The highest BCUT2D eigenvalue weighted by Gasteiger charge is 2.06. The SMILES string of the molecule is C=C(F)C(=O)NCc1cc(F)cc(OC)c1. The minimum absolute atomic E-state index is 0.00981. The summed E-state index contributed by atoms with van der Waals surface area (Å²) in [5.74, 6) is -2.14. The molecule has 0 saturated carbocycles. The lowest BCUT2D eigenvalue weighted by molar-refractivity contribution is -0.119. The van der Waals surface area contributed by atoms with Crippen LogP contribution in [-0.2, 0) is 11.3 Å². The fourth-order valence-corrected chi connectivity index (χ4v) is 1.12. The molecule has 0 saturated heterocycles. The van der Waals surface area contributed by atoms with E-state index < -0.39 is 17.6 Å². The van der Waals surface area contributed by atoms with Crippen LogP contribution in [0.2, 0.25) is 0 Å². The van der Waals surface area contributed by atoms with Gasteiger partial charge in [0.05, 0.1) is 7.11 Å². The van der Waals surface area contributed by atoms with Crippen molar-refractivity contribution in [3.63, 3.8) is 0 Å². The summed E-state index contributed by atoms with van der Waals surface area (Å²) in [5, 5.41) is 2.24. The van der Waals surface area contributed by atoms with Crippen LogP contribution in [0.4, 0.5) is 8.78 Å². The molecule has 0 radical (unpaired) electrons. The summed E-state index contributed by atoms with van der Waals surface area (Å²) in [4.78, 5) is 10.8. The highest BCUT2D eigenvalue weighted by Crippen LogP contribution is 2.15. The number of carbonyl (C=O) groups excluding carboxylic acids is 1. The second-order valence-corrected chi connectivity index (χ2v) is 3.09. The summed E-state index contributed by atoms with van der Waals surface area (Å²) in [6.45, 7) is 2.85. The lowest BCUT2D eigenvalue weighted by Crippen LogP contribution is -2.22. The second-order valence-electron chi connectivity index (χ2n) is 3.09. The third kappa shape index (κ3) is 3.34. The molecule has 0 unspecified atom stereocenters. The molecule has 0 spiro atoms. The van der Waals surface area contributed by atoms with E-state index in [1.807, 2.05) is 0 Å². The van der Waals surface area contributed by atoms with Crippen LogP contribution in [0, 0.1) is 5.82 Å². The third-order valence-electron chi connectivity index (χ3n) is 1.87. The van der Waals surface area contributed by atoms with Gasteiger partial charge in [0.2, 0.25) is 0 Å². The first kappa shape index (κ1) is 12.2. The molecular weight excluding hydrogens is 216 g/mol. The van der Waals surface area contributed by atoms with Gasteiger partial charge < -0.3 is 10.1 Å². The molecule has 1 N–H and O–H groups in total. The fraction of sp³-hybridized carbons (Fsp3) is 0.182. The van der Waals surface area contributed by atoms with Crippen molar-refractivity contribution in [1.82, 2.24) is 5.32 Å². The van der Waals surface area contributed by atoms with Crippen molar-refractivity contribution in [2.45, 2.75) is 6.54 Å². The van der Waals surface area contributed by atoms with Gasteiger partial charge in [0, 0.05) is 12.6 Å². The quantitative estimate of drug-likeness (QED) is 0.798. The number of halogens is 2. The zero-order valence-electron chi connectivity index (χ0n) is 8.72.